The molecule has 0 bridgehead atoms. The Morgan fingerprint density at radius 3 is 2.19 bits per heavy atom. The molecule has 0 unspecified atom stereocenters. The molecular weight excluding hydrogens is 332 g/mol. The van der Waals surface area contributed by atoms with Crippen molar-refractivity contribution >= 4 is 5.91 Å². The summed E-state index contributed by atoms with van der Waals surface area (Å²) < 4.78 is 0. The van der Waals surface area contributed by atoms with E-state index in [4.69, 9.17) is 0 Å². The van der Waals surface area contributed by atoms with Crippen LogP contribution in [0.4, 0.5) is 0 Å². The standard InChI is InChI=1S/C24H32N2O/c1-26(2)24(22-11-7-4-8-12-22)16-13-21(14-17-24)19-23(27)25-18-15-20-9-5-3-6-10-20/h3-12,21H,13-19H2,1-2H3,(H,25,27). The summed E-state index contributed by atoms with van der Waals surface area (Å²) in [5, 5.41) is 3.10. The van der Waals surface area contributed by atoms with E-state index in [0.717, 1.165) is 38.6 Å². The van der Waals surface area contributed by atoms with E-state index in [0.29, 0.717) is 12.3 Å². The van der Waals surface area contributed by atoms with E-state index < -0.39 is 0 Å². The Kier molecular flexibility index (Phi) is 6.68. The van der Waals surface area contributed by atoms with Crippen LogP contribution in [-0.4, -0.2) is 31.4 Å². The van der Waals surface area contributed by atoms with Gasteiger partial charge in [-0.3, -0.25) is 9.69 Å². The molecule has 1 aliphatic rings. The van der Waals surface area contributed by atoms with Crippen molar-refractivity contribution in [2.24, 2.45) is 5.92 Å². The highest BCUT2D eigenvalue weighted by atomic mass is 16.1. The number of benzene rings is 2. The Balaban J connectivity index is 1.47. The third-order valence-corrected chi connectivity index (χ3v) is 6.15. The van der Waals surface area contributed by atoms with Gasteiger partial charge in [-0.15, -0.1) is 0 Å². The lowest BCUT2D eigenvalue weighted by Crippen LogP contribution is -2.44. The molecule has 27 heavy (non-hydrogen) atoms. The van der Waals surface area contributed by atoms with Gasteiger partial charge in [0.2, 0.25) is 5.91 Å². The molecule has 0 spiro atoms. The summed E-state index contributed by atoms with van der Waals surface area (Å²) in [6.45, 7) is 0.723. The zero-order chi connectivity index (χ0) is 19.1. The van der Waals surface area contributed by atoms with Crippen LogP contribution in [0.5, 0.6) is 0 Å². The zero-order valence-electron chi connectivity index (χ0n) is 16.7. The van der Waals surface area contributed by atoms with Crippen LogP contribution in [0.1, 0.15) is 43.2 Å². The van der Waals surface area contributed by atoms with Crippen LogP contribution < -0.4 is 5.32 Å². The van der Waals surface area contributed by atoms with Gasteiger partial charge in [0, 0.05) is 18.5 Å². The molecule has 0 atom stereocenters. The van der Waals surface area contributed by atoms with Crippen molar-refractivity contribution in [2.45, 2.75) is 44.1 Å². The third-order valence-electron chi connectivity index (χ3n) is 6.15. The van der Waals surface area contributed by atoms with Gasteiger partial charge in [0.05, 0.1) is 0 Å². The van der Waals surface area contributed by atoms with Crippen LogP contribution in [0, 0.1) is 5.92 Å². The van der Waals surface area contributed by atoms with Crippen molar-refractivity contribution in [3.05, 3.63) is 71.8 Å². The topological polar surface area (TPSA) is 32.3 Å². The molecule has 0 aliphatic heterocycles. The second-order valence-electron chi connectivity index (χ2n) is 8.03. The van der Waals surface area contributed by atoms with Gasteiger partial charge in [0.15, 0.2) is 0 Å². The smallest absolute Gasteiger partial charge is 0.220 e. The Bertz CT molecular complexity index is 704. The number of nitrogens with zero attached hydrogens (tertiary/aromatic N) is 1. The summed E-state index contributed by atoms with van der Waals surface area (Å²) in [4.78, 5) is 14.7. The molecular formula is C24H32N2O. The number of rotatable bonds is 7. The van der Waals surface area contributed by atoms with E-state index in [-0.39, 0.29) is 11.4 Å². The predicted molar refractivity (Wildman–Crippen MR) is 112 cm³/mol. The Morgan fingerprint density at radius 2 is 1.59 bits per heavy atom. The van der Waals surface area contributed by atoms with E-state index in [1.807, 2.05) is 18.2 Å². The first-order valence-electron chi connectivity index (χ1n) is 10.1. The maximum Gasteiger partial charge on any atom is 0.220 e. The lowest BCUT2D eigenvalue weighted by Gasteiger charge is -2.45. The number of carbonyl (C=O) groups is 1. The van der Waals surface area contributed by atoms with Crippen LogP contribution in [0.15, 0.2) is 60.7 Å². The summed E-state index contributed by atoms with van der Waals surface area (Å²) in [5.41, 5.74) is 2.79. The Hall–Kier alpha value is -2.13. The van der Waals surface area contributed by atoms with Gasteiger partial charge in [0.1, 0.15) is 0 Å². The third kappa shape index (κ3) is 4.98. The first-order chi connectivity index (χ1) is 13.1. The molecule has 3 rings (SSSR count). The molecule has 0 heterocycles. The van der Waals surface area contributed by atoms with Gasteiger partial charge in [0.25, 0.3) is 0 Å². The first-order valence-corrected chi connectivity index (χ1v) is 10.1. The largest absolute Gasteiger partial charge is 0.356 e. The SMILES string of the molecule is CN(C)C1(c2ccccc2)CCC(CC(=O)NCCc2ccccc2)CC1. The summed E-state index contributed by atoms with van der Waals surface area (Å²) in [5.74, 6) is 0.700. The van der Waals surface area contributed by atoms with E-state index in [1.165, 1.54) is 11.1 Å². The summed E-state index contributed by atoms with van der Waals surface area (Å²) in [6.07, 6.45) is 6.01. The van der Waals surface area contributed by atoms with Crippen molar-refractivity contribution in [1.29, 1.82) is 0 Å². The second kappa shape index (κ2) is 9.18. The number of amides is 1. The van der Waals surface area contributed by atoms with E-state index in [2.05, 4.69) is 66.8 Å². The van der Waals surface area contributed by atoms with Crippen molar-refractivity contribution in [1.82, 2.24) is 10.2 Å². The van der Waals surface area contributed by atoms with Crippen LogP contribution in [0.25, 0.3) is 0 Å². The molecule has 1 N–H and O–H groups in total. The van der Waals surface area contributed by atoms with E-state index in [9.17, 15) is 4.79 Å². The monoisotopic (exact) mass is 364 g/mol. The second-order valence-corrected chi connectivity index (χ2v) is 8.03. The van der Waals surface area contributed by atoms with Crippen molar-refractivity contribution in [3.8, 4) is 0 Å². The first kappa shape index (κ1) is 19.6. The van der Waals surface area contributed by atoms with Gasteiger partial charge in [-0.2, -0.15) is 0 Å². The Morgan fingerprint density at radius 1 is 1.00 bits per heavy atom. The van der Waals surface area contributed by atoms with Gasteiger partial charge in [-0.25, -0.2) is 0 Å². The summed E-state index contributed by atoms with van der Waals surface area (Å²) in [7, 11) is 4.37. The predicted octanol–water partition coefficient (Wildman–Crippen LogP) is 4.38. The normalized spacial score (nSPS) is 22.6. The van der Waals surface area contributed by atoms with Crippen LogP contribution in [0.2, 0.25) is 0 Å². The molecule has 1 amide bonds. The fourth-order valence-electron chi connectivity index (χ4n) is 4.43. The van der Waals surface area contributed by atoms with Crippen molar-refractivity contribution < 1.29 is 4.79 Å². The number of hydrogen-bond acceptors (Lipinski definition) is 2. The number of carbonyl (C=O) groups excluding carboxylic acids is 1. The molecule has 1 aliphatic carbocycles. The molecule has 0 saturated heterocycles. The number of hydrogen-bond donors (Lipinski definition) is 1. The minimum Gasteiger partial charge on any atom is -0.356 e. The highest BCUT2D eigenvalue weighted by Crippen LogP contribution is 2.43. The fraction of sp³-hybridized carbons (Fsp3) is 0.458. The lowest BCUT2D eigenvalue weighted by atomic mass is 9.71. The summed E-state index contributed by atoms with van der Waals surface area (Å²) in [6, 6.07) is 21.2. The molecule has 0 radical (unpaired) electrons. The van der Waals surface area contributed by atoms with E-state index >= 15 is 0 Å². The van der Waals surface area contributed by atoms with Crippen molar-refractivity contribution in [3.63, 3.8) is 0 Å². The van der Waals surface area contributed by atoms with Crippen LogP contribution in [0.3, 0.4) is 0 Å². The van der Waals surface area contributed by atoms with Gasteiger partial charge in [-0.1, -0.05) is 60.7 Å². The molecule has 1 fully saturated rings. The van der Waals surface area contributed by atoms with Crippen LogP contribution in [-0.2, 0) is 16.8 Å². The molecule has 144 valence electrons. The minimum absolute atomic E-state index is 0.113. The molecule has 3 nitrogen and oxygen atoms in total. The average Bonchev–Trinajstić information content (AvgIpc) is 2.70. The van der Waals surface area contributed by atoms with E-state index in [1.54, 1.807) is 0 Å². The number of nitrogens with one attached hydrogen (secondary N) is 1. The zero-order valence-corrected chi connectivity index (χ0v) is 16.7. The molecule has 1 saturated carbocycles. The minimum atomic E-state index is 0.113. The highest BCUT2D eigenvalue weighted by molar-refractivity contribution is 5.76. The Labute approximate surface area is 163 Å². The highest BCUT2D eigenvalue weighted by Gasteiger charge is 2.38. The fourth-order valence-corrected chi connectivity index (χ4v) is 4.43. The maximum atomic E-state index is 12.3. The molecule has 0 aromatic heterocycles. The average molecular weight is 365 g/mol. The maximum absolute atomic E-state index is 12.3. The lowest BCUT2D eigenvalue weighted by molar-refractivity contribution is -0.122. The summed E-state index contributed by atoms with van der Waals surface area (Å²) >= 11 is 0. The van der Waals surface area contributed by atoms with Crippen molar-refractivity contribution in [2.75, 3.05) is 20.6 Å². The van der Waals surface area contributed by atoms with Gasteiger partial charge in [-0.05, 0) is 63.2 Å². The quantitative estimate of drug-likeness (QED) is 0.791. The van der Waals surface area contributed by atoms with Crippen LogP contribution >= 0.6 is 0 Å². The van der Waals surface area contributed by atoms with Gasteiger partial charge < -0.3 is 5.32 Å². The molecule has 3 heteroatoms. The molecule has 2 aromatic carbocycles. The van der Waals surface area contributed by atoms with Gasteiger partial charge >= 0.3 is 0 Å². The molecule has 2 aromatic rings.